The molecule has 0 aliphatic carbocycles. The van der Waals surface area contributed by atoms with Gasteiger partial charge in [0, 0.05) is 18.0 Å². The van der Waals surface area contributed by atoms with E-state index < -0.39 is 0 Å². The summed E-state index contributed by atoms with van der Waals surface area (Å²) in [5, 5.41) is 6.83. The Morgan fingerprint density at radius 3 is 2.86 bits per heavy atom. The summed E-state index contributed by atoms with van der Waals surface area (Å²) in [5.41, 5.74) is 1.13. The van der Waals surface area contributed by atoms with Crippen LogP contribution in [-0.4, -0.2) is 14.6 Å². The largest absolute Gasteiger partial charge is 0.275 e. The fourth-order valence-electron chi connectivity index (χ4n) is 2.34. The van der Waals surface area contributed by atoms with Crippen LogP contribution in [0.15, 0.2) is 63.9 Å². The average Bonchev–Trinajstić information content (AvgIpc) is 2.97. The second kappa shape index (κ2) is 5.55. The van der Waals surface area contributed by atoms with Crippen molar-refractivity contribution in [2.75, 3.05) is 0 Å². The summed E-state index contributed by atoms with van der Waals surface area (Å²) < 4.78 is 2.21. The molecule has 4 nitrogen and oxygen atoms in total. The van der Waals surface area contributed by atoms with Crippen LogP contribution in [0.5, 0.6) is 0 Å². The van der Waals surface area contributed by atoms with Crippen molar-refractivity contribution in [1.29, 1.82) is 0 Å². The third kappa shape index (κ3) is 2.40. The van der Waals surface area contributed by atoms with E-state index in [0.717, 1.165) is 10.1 Å². The van der Waals surface area contributed by atoms with Gasteiger partial charge in [-0.1, -0.05) is 65.6 Å². The zero-order valence-electron chi connectivity index (χ0n) is 11.5. The molecule has 4 rings (SSSR count). The molecule has 6 heteroatoms. The molecule has 2 aromatic carbocycles. The SMILES string of the molecule is O=c1ccnc2sc(SCc3cccc4ccccc34)nn12. The zero-order valence-corrected chi connectivity index (χ0v) is 13.1. The quantitative estimate of drug-likeness (QED) is 0.540. The van der Waals surface area contributed by atoms with Crippen molar-refractivity contribution < 1.29 is 0 Å². The van der Waals surface area contributed by atoms with E-state index in [4.69, 9.17) is 0 Å². The molecule has 2 heterocycles. The smallest absolute Gasteiger partial charge is 0.267 e. The van der Waals surface area contributed by atoms with Gasteiger partial charge in [0.05, 0.1) is 0 Å². The Morgan fingerprint density at radius 1 is 1.09 bits per heavy atom. The molecule has 0 saturated carbocycles. The minimum atomic E-state index is -0.140. The van der Waals surface area contributed by atoms with E-state index in [1.807, 2.05) is 6.07 Å². The predicted octanol–water partition coefficient (Wildman–Crippen LogP) is 3.60. The minimum absolute atomic E-state index is 0.140. The Labute approximate surface area is 134 Å². The molecule has 0 amide bonds. The van der Waals surface area contributed by atoms with Crippen molar-refractivity contribution in [3.8, 4) is 0 Å². The van der Waals surface area contributed by atoms with Gasteiger partial charge in [-0.2, -0.15) is 4.52 Å². The van der Waals surface area contributed by atoms with Crippen molar-refractivity contribution in [2.24, 2.45) is 0 Å². The van der Waals surface area contributed by atoms with Gasteiger partial charge in [-0.05, 0) is 16.3 Å². The summed E-state index contributed by atoms with van der Waals surface area (Å²) in [4.78, 5) is 16.5. The van der Waals surface area contributed by atoms with Crippen LogP contribution in [0.4, 0.5) is 0 Å². The molecular formula is C16H11N3OS2. The lowest BCUT2D eigenvalue weighted by molar-refractivity contribution is 0.857. The van der Waals surface area contributed by atoms with Gasteiger partial charge < -0.3 is 0 Å². The van der Waals surface area contributed by atoms with Crippen molar-refractivity contribution >= 4 is 38.8 Å². The van der Waals surface area contributed by atoms with Gasteiger partial charge in [0.2, 0.25) is 4.96 Å². The van der Waals surface area contributed by atoms with Gasteiger partial charge in [-0.25, -0.2) is 4.98 Å². The molecule has 0 spiro atoms. The standard InChI is InChI=1S/C16H11N3OS2/c20-14-8-9-17-15-19(14)18-16(22-15)21-10-12-6-3-5-11-4-1-2-7-13(11)12/h1-9H,10H2. The van der Waals surface area contributed by atoms with Crippen LogP contribution < -0.4 is 5.56 Å². The third-order valence-electron chi connectivity index (χ3n) is 3.38. The number of rotatable bonds is 3. The predicted molar refractivity (Wildman–Crippen MR) is 90.6 cm³/mol. The Kier molecular flexibility index (Phi) is 3.40. The van der Waals surface area contributed by atoms with Gasteiger partial charge in [-0.15, -0.1) is 5.10 Å². The van der Waals surface area contributed by atoms with E-state index in [1.165, 1.54) is 44.5 Å². The lowest BCUT2D eigenvalue weighted by Gasteiger charge is -2.04. The van der Waals surface area contributed by atoms with Crippen molar-refractivity contribution in [3.63, 3.8) is 0 Å². The van der Waals surface area contributed by atoms with Crippen LogP contribution in [0.1, 0.15) is 5.56 Å². The van der Waals surface area contributed by atoms with Gasteiger partial charge >= 0.3 is 0 Å². The summed E-state index contributed by atoms with van der Waals surface area (Å²) in [6, 6.07) is 16.1. The van der Waals surface area contributed by atoms with Gasteiger partial charge in [-0.3, -0.25) is 4.79 Å². The van der Waals surface area contributed by atoms with Crippen molar-refractivity contribution in [3.05, 3.63) is 70.6 Å². The lowest BCUT2D eigenvalue weighted by atomic mass is 10.1. The Balaban J connectivity index is 1.66. The van der Waals surface area contributed by atoms with Crippen LogP contribution in [0.2, 0.25) is 0 Å². The second-order valence-electron chi connectivity index (χ2n) is 4.77. The topological polar surface area (TPSA) is 47.3 Å². The fourth-order valence-corrected chi connectivity index (χ4v) is 4.26. The van der Waals surface area contributed by atoms with E-state index in [2.05, 4.69) is 46.5 Å². The molecule has 108 valence electrons. The summed E-state index contributed by atoms with van der Waals surface area (Å²) in [6.45, 7) is 0. The number of thioether (sulfide) groups is 1. The van der Waals surface area contributed by atoms with Crippen molar-refractivity contribution in [1.82, 2.24) is 14.6 Å². The maximum atomic E-state index is 11.7. The maximum absolute atomic E-state index is 11.7. The Morgan fingerprint density at radius 2 is 1.95 bits per heavy atom. The zero-order chi connectivity index (χ0) is 14.9. The summed E-state index contributed by atoms with van der Waals surface area (Å²) >= 11 is 3.07. The molecule has 4 aromatic rings. The van der Waals surface area contributed by atoms with Crippen LogP contribution in [0.25, 0.3) is 15.7 Å². The first-order chi connectivity index (χ1) is 10.8. The Hall–Kier alpha value is -2.18. The molecule has 0 aliphatic rings. The second-order valence-corrected chi connectivity index (χ2v) is 6.95. The summed E-state index contributed by atoms with van der Waals surface area (Å²) in [7, 11) is 0. The van der Waals surface area contributed by atoms with Crippen LogP contribution in [-0.2, 0) is 5.75 Å². The van der Waals surface area contributed by atoms with E-state index in [0.29, 0.717) is 4.96 Å². The molecule has 0 unspecified atom stereocenters. The average molecular weight is 325 g/mol. The van der Waals surface area contributed by atoms with Gasteiger partial charge in [0.15, 0.2) is 4.34 Å². The van der Waals surface area contributed by atoms with E-state index in [1.54, 1.807) is 11.8 Å². The molecule has 0 N–H and O–H groups in total. The summed E-state index contributed by atoms with van der Waals surface area (Å²) in [5.74, 6) is 0.815. The molecule has 0 fully saturated rings. The highest BCUT2D eigenvalue weighted by molar-refractivity contribution is 8.00. The number of hydrogen-bond acceptors (Lipinski definition) is 5. The normalized spacial score (nSPS) is 11.3. The Bertz CT molecular complexity index is 1020. The molecule has 0 aliphatic heterocycles. The van der Waals surface area contributed by atoms with E-state index in [-0.39, 0.29) is 5.56 Å². The molecule has 0 bridgehead atoms. The summed E-state index contributed by atoms with van der Waals surface area (Å²) in [6.07, 6.45) is 1.52. The highest BCUT2D eigenvalue weighted by atomic mass is 32.2. The molecular weight excluding hydrogens is 314 g/mol. The van der Waals surface area contributed by atoms with Crippen LogP contribution in [0.3, 0.4) is 0 Å². The van der Waals surface area contributed by atoms with Crippen LogP contribution >= 0.6 is 23.1 Å². The molecule has 0 radical (unpaired) electrons. The fraction of sp³-hybridized carbons (Fsp3) is 0.0625. The van der Waals surface area contributed by atoms with Crippen LogP contribution in [0, 0.1) is 0 Å². The monoisotopic (exact) mass is 325 g/mol. The number of fused-ring (bicyclic) bond motifs is 2. The van der Waals surface area contributed by atoms with Gasteiger partial charge in [0.25, 0.3) is 5.56 Å². The molecule has 0 atom stereocenters. The number of benzene rings is 2. The molecule has 22 heavy (non-hydrogen) atoms. The third-order valence-corrected chi connectivity index (χ3v) is 5.49. The van der Waals surface area contributed by atoms with E-state index in [9.17, 15) is 4.79 Å². The number of nitrogens with zero attached hydrogens (tertiary/aromatic N) is 3. The number of hydrogen-bond donors (Lipinski definition) is 0. The first kappa shape index (κ1) is 13.5. The lowest BCUT2D eigenvalue weighted by Crippen LogP contribution is -2.12. The highest BCUT2D eigenvalue weighted by Crippen LogP contribution is 2.29. The highest BCUT2D eigenvalue weighted by Gasteiger charge is 2.08. The first-order valence-corrected chi connectivity index (χ1v) is 8.56. The maximum Gasteiger partial charge on any atom is 0.275 e. The molecule has 0 saturated heterocycles. The number of aromatic nitrogens is 3. The van der Waals surface area contributed by atoms with Gasteiger partial charge in [0.1, 0.15) is 0 Å². The molecule has 2 aromatic heterocycles. The first-order valence-electron chi connectivity index (χ1n) is 6.75. The van der Waals surface area contributed by atoms with E-state index >= 15 is 0 Å². The minimum Gasteiger partial charge on any atom is -0.267 e. The van der Waals surface area contributed by atoms with Crippen molar-refractivity contribution in [2.45, 2.75) is 10.1 Å².